The van der Waals surface area contributed by atoms with E-state index in [1.54, 1.807) is 6.92 Å². The highest BCUT2D eigenvalue weighted by atomic mass is 16.5. The number of nitrogens with one attached hydrogen (secondary N) is 1. The summed E-state index contributed by atoms with van der Waals surface area (Å²) in [5.74, 6) is 0.967. The number of ether oxygens (including phenoxy) is 1. The van der Waals surface area contributed by atoms with Gasteiger partial charge in [0.15, 0.2) is 0 Å². The quantitative estimate of drug-likeness (QED) is 0.796. The van der Waals surface area contributed by atoms with Crippen LogP contribution in [0.4, 0.5) is 0 Å². The van der Waals surface area contributed by atoms with Crippen LogP contribution in [0.1, 0.15) is 46.2 Å². The number of benzene rings is 1. The Kier molecular flexibility index (Phi) is 5.83. The standard InChI is InChI=1S/C16H27NO2/c1-6-17-13(4)14-7-9-15(10-8-14)19-11-16(5,18)12(2)3/h7-10,12-13,17-18H,6,11H2,1-5H3. The van der Waals surface area contributed by atoms with Crippen LogP contribution in [0.3, 0.4) is 0 Å². The fourth-order valence-electron chi connectivity index (χ4n) is 1.67. The van der Waals surface area contributed by atoms with E-state index in [0.717, 1.165) is 12.3 Å². The molecule has 0 bridgehead atoms. The minimum absolute atomic E-state index is 0.167. The van der Waals surface area contributed by atoms with E-state index in [1.807, 2.05) is 26.0 Å². The molecular formula is C16H27NO2. The molecule has 0 spiro atoms. The summed E-state index contributed by atoms with van der Waals surface area (Å²) in [4.78, 5) is 0. The van der Waals surface area contributed by atoms with Crippen LogP contribution in [0.15, 0.2) is 24.3 Å². The van der Waals surface area contributed by atoms with Crippen LogP contribution in [0, 0.1) is 5.92 Å². The Morgan fingerprint density at radius 2 is 1.79 bits per heavy atom. The summed E-state index contributed by atoms with van der Waals surface area (Å²) < 4.78 is 5.66. The van der Waals surface area contributed by atoms with Crippen molar-refractivity contribution in [1.29, 1.82) is 0 Å². The lowest BCUT2D eigenvalue weighted by Gasteiger charge is -2.27. The molecule has 0 aromatic heterocycles. The van der Waals surface area contributed by atoms with Crippen molar-refractivity contribution in [3.05, 3.63) is 29.8 Å². The fraction of sp³-hybridized carbons (Fsp3) is 0.625. The molecule has 0 aliphatic heterocycles. The molecule has 19 heavy (non-hydrogen) atoms. The van der Waals surface area contributed by atoms with Crippen LogP contribution >= 0.6 is 0 Å². The first-order valence-electron chi connectivity index (χ1n) is 7.05. The first kappa shape index (κ1) is 16.0. The lowest BCUT2D eigenvalue weighted by molar-refractivity contribution is -0.0266. The topological polar surface area (TPSA) is 41.5 Å². The van der Waals surface area contributed by atoms with E-state index in [4.69, 9.17) is 4.74 Å². The van der Waals surface area contributed by atoms with Crippen molar-refractivity contribution in [2.45, 2.75) is 46.3 Å². The van der Waals surface area contributed by atoms with E-state index in [-0.39, 0.29) is 5.92 Å². The Balaban J connectivity index is 2.58. The number of aliphatic hydroxyl groups is 1. The molecule has 0 aliphatic carbocycles. The summed E-state index contributed by atoms with van der Waals surface area (Å²) in [5.41, 5.74) is 0.445. The van der Waals surface area contributed by atoms with Crippen molar-refractivity contribution in [1.82, 2.24) is 5.32 Å². The molecule has 3 nitrogen and oxygen atoms in total. The molecule has 0 amide bonds. The van der Waals surface area contributed by atoms with E-state index in [2.05, 4.69) is 31.3 Å². The summed E-state index contributed by atoms with van der Waals surface area (Å²) in [6.07, 6.45) is 0. The second kappa shape index (κ2) is 6.92. The Morgan fingerprint density at radius 1 is 1.21 bits per heavy atom. The molecular weight excluding hydrogens is 238 g/mol. The second-order valence-corrected chi connectivity index (χ2v) is 5.65. The van der Waals surface area contributed by atoms with Gasteiger partial charge in [0.25, 0.3) is 0 Å². The third-order valence-electron chi connectivity index (χ3n) is 3.67. The monoisotopic (exact) mass is 265 g/mol. The van der Waals surface area contributed by atoms with Gasteiger partial charge in [-0.05, 0) is 44.0 Å². The first-order chi connectivity index (χ1) is 8.86. The maximum Gasteiger partial charge on any atom is 0.119 e. The van der Waals surface area contributed by atoms with Gasteiger partial charge in [-0.3, -0.25) is 0 Å². The Bertz CT molecular complexity index is 371. The first-order valence-corrected chi connectivity index (χ1v) is 7.05. The van der Waals surface area contributed by atoms with Crippen molar-refractivity contribution >= 4 is 0 Å². The SMILES string of the molecule is CCNC(C)c1ccc(OCC(C)(O)C(C)C)cc1. The molecule has 2 unspecified atom stereocenters. The molecule has 3 heteroatoms. The Labute approximate surface area is 117 Å². The molecule has 1 aromatic rings. The smallest absolute Gasteiger partial charge is 0.119 e. The number of hydrogen-bond acceptors (Lipinski definition) is 3. The van der Waals surface area contributed by atoms with E-state index < -0.39 is 5.60 Å². The van der Waals surface area contributed by atoms with Crippen LogP contribution in [0.2, 0.25) is 0 Å². The molecule has 0 fully saturated rings. The van der Waals surface area contributed by atoms with E-state index in [9.17, 15) is 5.11 Å². The maximum absolute atomic E-state index is 10.1. The van der Waals surface area contributed by atoms with Gasteiger partial charge in [-0.2, -0.15) is 0 Å². The minimum Gasteiger partial charge on any atom is -0.491 e. The van der Waals surface area contributed by atoms with Crippen molar-refractivity contribution in [2.24, 2.45) is 5.92 Å². The van der Waals surface area contributed by atoms with Gasteiger partial charge in [0.05, 0.1) is 5.60 Å². The predicted octanol–water partition coefficient (Wildman–Crippen LogP) is 3.14. The normalized spacial score (nSPS) is 16.2. The molecule has 2 N–H and O–H groups in total. The molecule has 0 aliphatic rings. The molecule has 0 saturated carbocycles. The highest BCUT2D eigenvalue weighted by molar-refractivity contribution is 5.29. The largest absolute Gasteiger partial charge is 0.491 e. The van der Waals surface area contributed by atoms with Gasteiger partial charge < -0.3 is 15.2 Å². The Morgan fingerprint density at radius 3 is 2.26 bits per heavy atom. The average molecular weight is 265 g/mol. The third kappa shape index (κ3) is 4.84. The van der Waals surface area contributed by atoms with Crippen LogP contribution in [-0.4, -0.2) is 23.9 Å². The average Bonchev–Trinajstić information content (AvgIpc) is 2.37. The molecule has 0 radical (unpaired) electrons. The molecule has 0 saturated heterocycles. The molecule has 108 valence electrons. The summed E-state index contributed by atoms with van der Waals surface area (Å²) in [6.45, 7) is 11.3. The van der Waals surface area contributed by atoms with Gasteiger partial charge >= 0.3 is 0 Å². The van der Waals surface area contributed by atoms with Gasteiger partial charge in [0.1, 0.15) is 12.4 Å². The van der Waals surface area contributed by atoms with E-state index >= 15 is 0 Å². The zero-order valence-electron chi connectivity index (χ0n) is 12.7. The van der Waals surface area contributed by atoms with Crippen molar-refractivity contribution in [2.75, 3.05) is 13.2 Å². The lowest BCUT2D eigenvalue weighted by atomic mass is 9.94. The molecule has 1 aromatic carbocycles. The third-order valence-corrected chi connectivity index (χ3v) is 3.67. The summed E-state index contributed by atoms with van der Waals surface area (Å²) in [6, 6.07) is 8.39. The van der Waals surface area contributed by atoms with Gasteiger partial charge in [-0.25, -0.2) is 0 Å². The van der Waals surface area contributed by atoms with Crippen molar-refractivity contribution < 1.29 is 9.84 Å². The van der Waals surface area contributed by atoms with Crippen LogP contribution in [0.25, 0.3) is 0 Å². The zero-order valence-corrected chi connectivity index (χ0v) is 12.7. The second-order valence-electron chi connectivity index (χ2n) is 5.65. The summed E-state index contributed by atoms with van der Waals surface area (Å²) in [5, 5.41) is 13.5. The van der Waals surface area contributed by atoms with Gasteiger partial charge in [0, 0.05) is 6.04 Å². The van der Waals surface area contributed by atoms with E-state index in [1.165, 1.54) is 5.56 Å². The van der Waals surface area contributed by atoms with Gasteiger partial charge in [0.2, 0.25) is 0 Å². The lowest BCUT2D eigenvalue weighted by Crippen LogP contribution is -2.37. The van der Waals surface area contributed by atoms with E-state index in [0.29, 0.717) is 12.6 Å². The fourth-order valence-corrected chi connectivity index (χ4v) is 1.67. The van der Waals surface area contributed by atoms with Crippen LogP contribution in [0.5, 0.6) is 5.75 Å². The van der Waals surface area contributed by atoms with Crippen molar-refractivity contribution in [3.8, 4) is 5.75 Å². The van der Waals surface area contributed by atoms with Crippen LogP contribution < -0.4 is 10.1 Å². The molecule has 1 rings (SSSR count). The van der Waals surface area contributed by atoms with Gasteiger partial charge in [-0.15, -0.1) is 0 Å². The highest BCUT2D eigenvalue weighted by Crippen LogP contribution is 2.21. The minimum atomic E-state index is -0.796. The van der Waals surface area contributed by atoms with Gasteiger partial charge in [-0.1, -0.05) is 32.9 Å². The van der Waals surface area contributed by atoms with Crippen LogP contribution in [-0.2, 0) is 0 Å². The number of hydrogen-bond donors (Lipinski definition) is 2. The maximum atomic E-state index is 10.1. The summed E-state index contributed by atoms with van der Waals surface area (Å²) >= 11 is 0. The Hall–Kier alpha value is -1.06. The number of rotatable bonds is 7. The summed E-state index contributed by atoms with van der Waals surface area (Å²) in [7, 11) is 0. The molecule has 0 heterocycles. The highest BCUT2D eigenvalue weighted by Gasteiger charge is 2.25. The molecule has 2 atom stereocenters. The predicted molar refractivity (Wildman–Crippen MR) is 79.5 cm³/mol. The van der Waals surface area contributed by atoms with Crippen molar-refractivity contribution in [3.63, 3.8) is 0 Å². The zero-order chi connectivity index (χ0) is 14.5.